The number of anilines is 1. The molecule has 0 saturated carbocycles. The van der Waals surface area contributed by atoms with E-state index in [4.69, 9.17) is 0 Å². The molecule has 130 valence electrons. The molecule has 1 unspecified atom stereocenters. The lowest BCUT2D eigenvalue weighted by molar-refractivity contribution is -0.128. The Balaban J connectivity index is 1.60. The number of carbonyl (C=O) groups excluding carboxylic acids is 2. The number of urea groups is 1. The van der Waals surface area contributed by atoms with Gasteiger partial charge in [-0.2, -0.15) is 0 Å². The molecule has 0 aliphatic carbocycles. The van der Waals surface area contributed by atoms with E-state index in [0.29, 0.717) is 26.1 Å². The maximum atomic E-state index is 12.6. The molecule has 1 fully saturated rings. The van der Waals surface area contributed by atoms with E-state index < -0.39 is 0 Å². The standard InChI is InChI=1S/C20H23N3O2/c1-2-23(18-11-7-4-8-12-18)20(25)21-17-13-19(24)22(15-17)14-16-9-5-3-6-10-16/h3-12,17H,2,13-15H2,1H3,(H,21,25). The van der Waals surface area contributed by atoms with Crippen molar-refractivity contribution in [2.75, 3.05) is 18.0 Å². The molecule has 2 aromatic carbocycles. The minimum atomic E-state index is -0.159. The summed E-state index contributed by atoms with van der Waals surface area (Å²) < 4.78 is 0. The minimum Gasteiger partial charge on any atom is -0.336 e. The fourth-order valence-electron chi connectivity index (χ4n) is 3.13. The Hall–Kier alpha value is -2.82. The molecule has 0 spiro atoms. The Bertz CT molecular complexity index is 718. The minimum absolute atomic E-state index is 0.0805. The summed E-state index contributed by atoms with van der Waals surface area (Å²) >= 11 is 0. The first-order valence-corrected chi connectivity index (χ1v) is 8.62. The maximum Gasteiger partial charge on any atom is 0.322 e. The molecule has 2 aromatic rings. The first kappa shape index (κ1) is 17.0. The highest BCUT2D eigenvalue weighted by atomic mass is 16.2. The van der Waals surface area contributed by atoms with Crippen LogP contribution in [0.15, 0.2) is 60.7 Å². The third-order valence-corrected chi connectivity index (χ3v) is 4.39. The summed E-state index contributed by atoms with van der Waals surface area (Å²) in [6.07, 6.45) is 0.352. The zero-order valence-electron chi connectivity index (χ0n) is 14.4. The maximum absolute atomic E-state index is 12.6. The quantitative estimate of drug-likeness (QED) is 0.912. The highest BCUT2D eigenvalue weighted by molar-refractivity contribution is 5.92. The molecule has 0 radical (unpaired) electrons. The summed E-state index contributed by atoms with van der Waals surface area (Å²) in [5.41, 5.74) is 1.95. The van der Waals surface area contributed by atoms with Gasteiger partial charge in [-0.25, -0.2) is 4.79 Å². The molecule has 3 amide bonds. The number of nitrogens with one attached hydrogen (secondary N) is 1. The van der Waals surface area contributed by atoms with Crippen molar-refractivity contribution >= 4 is 17.6 Å². The van der Waals surface area contributed by atoms with Gasteiger partial charge in [-0.15, -0.1) is 0 Å². The smallest absolute Gasteiger partial charge is 0.322 e. The van der Waals surface area contributed by atoms with Crippen molar-refractivity contribution in [3.63, 3.8) is 0 Å². The van der Waals surface area contributed by atoms with Crippen molar-refractivity contribution in [3.05, 3.63) is 66.2 Å². The van der Waals surface area contributed by atoms with Gasteiger partial charge in [0.15, 0.2) is 0 Å². The van der Waals surface area contributed by atoms with E-state index in [2.05, 4.69) is 5.32 Å². The van der Waals surface area contributed by atoms with Crippen molar-refractivity contribution in [1.29, 1.82) is 0 Å². The van der Waals surface area contributed by atoms with Crippen LogP contribution in [0.2, 0.25) is 0 Å². The largest absolute Gasteiger partial charge is 0.336 e. The van der Waals surface area contributed by atoms with Gasteiger partial charge in [0.2, 0.25) is 5.91 Å². The molecular formula is C20H23N3O2. The molecule has 1 heterocycles. The molecule has 5 nitrogen and oxygen atoms in total. The van der Waals surface area contributed by atoms with Crippen molar-refractivity contribution < 1.29 is 9.59 Å². The van der Waals surface area contributed by atoms with E-state index in [1.54, 1.807) is 9.80 Å². The van der Waals surface area contributed by atoms with Gasteiger partial charge in [-0.1, -0.05) is 48.5 Å². The van der Waals surface area contributed by atoms with Crippen molar-refractivity contribution in [2.24, 2.45) is 0 Å². The lowest BCUT2D eigenvalue weighted by Gasteiger charge is -2.24. The first-order valence-electron chi connectivity index (χ1n) is 8.62. The van der Waals surface area contributed by atoms with Crippen LogP contribution in [0.25, 0.3) is 0 Å². The average Bonchev–Trinajstić information content (AvgIpc) is 2.96. The number of likely N-dealkylation sites (tertiary alicyclic amines) is 1. The van der Waals surface area contributed by atoms with Gasteiger partial charge in [0.05, 0.1) is 6.04 Å². The molecule has 3 rings (SSSR count). The lowest BCUT2D eigenvalue weighted by atomic mass is 10.2. The third kappa shape index (κ3) is 4.18. The number of hydrogen-bond acceptors (Lipinski definition) is 2. The van der Waals surface area contributed by atoms with Gasteiger partial charge in [-0.05, 0) is 24.6 Å². The van der Waals surface area contributed by atoms with E-state index in [9.17, 15) is 9.59 Å². The van der Waals surface area contributed by atoms with Crippen LogP contribution in [0.3, 0.4) is 0 Å². The van der Waals surface area contributed by atoms with Gasteiger partial charge in [0, 0.05) is 31.7 Å². The second-order valence-electron chi connectivity index (χ2n) is 6.19. The predicted molar refractivity (Wildman–Crippen MR) is 98.3 cm³/mol. The molecule has 1 saturated heterocycles. The zero-order valence-corrected chi connectivity index (χ0v) is 14.4. The van der Waals surface area contributed by atoms with E-state index in [0.717, 1.165) is 11.3 Å². The molecule has 0 aromatic heterocycles. The third-order valence-electron chi connectivity index (χ3n) is 4.39. The van der Waals surface area contributed by atoms with Gasteiger partial charge in [0.1, 0.15) is 0 Å². The van der Waals surface area contributed by atoms with Gasteiger partial charge in [0.25, 0.3) is 0 Å². The van der Waals surface area contributed by atoms with Crippen LogP contribution in [0, 0.1) is 0 Å². The van der Waals surface area contributed by atoms with Crippen molar-refractivity contribution in [1.82, 2.24) is 10.2 Å². The van der Waals surface area contributed by atoms with Crippen LogP contribution in [0.4, 0.5) is 10.5 Å². The van der Waals surface area contributed by atoms with Crippen LogP contribution in [0.1, 0.15) is 18.9 Å². The van der Waals surface area contributed by atoms with Gasteiger partial charge >= 0.3 is 6.03 Å². The second-order valence-corrected chi connectivity index (χ2v) is 6.19. The van der Waals surface area contributed by atoms with Crippen LogP contribution in [-0.2, 0) is 11.3 Å². The van der Waals surface area contributed by atoms with Crippen LogP contribution in [-0.4, -0.2) is 36.0 Å². The number of rotatable bonds is 5. The van der Waals surface area contributed by atoms with Gasteiger partial charge in [-0.3, -0.25) is 9.69 Å². The molecule has 1 atom stereocenters. The van der Waals surface area contributed by atoms with Crippen LogP contribution < -0.4 is 10.2 Å². The van der Waals surface area contributed by atoms with Crippen LogP contribution in [0.5, 0.6) is 0 Å². The fourth-order valence-corrected chi connectivity index (χ4v) is 3.13. The Kier molecular flexibility index (Phi) is 5.33. The topological polar surface area (TPSA) is 52.7 Å². The number of para-hydroxylation sites is 1. The molecule has 1 aliphatic rings. The normalized spacial score (nSPS) is 16.8. The van der Waals surface area contributed by atoms with E-state index in [-0.39, 0.29) is 18.0 Å². The molecule has 1 aliphatic heterocycles. The van der Waals surface area contributed by atoms with Gasteiger partial charge < -0.3 is 10.2 Å². The van der Waals surface area contributed by atoms with Crippen LogP contribution >= 0.6 is 0 Å². The molecule has 5 heteroatoms. The Labute approximate surface area is 148 Å². The summed E-state index contributed by atoms with van der Waals surface area (Å²) in [4.78, 5) is 28.3. The number of carbonyl (C=O) groups is 2. The zero-order chi connectivity index (χ0) is 17.6. The van der Waals surface area contributed by atoms with E-state index in [1.807, 2.05) is 67.6 Å². The number of benzene rings is 2. The molecule has 0 bridgehead atoms. The Morgan fingerprint density at radius 2 is 1.76 bits per heavy atom. The first-order chi connectivity index (χ1) is 12.2. The summed E-state index contributed by atoms with van der Waals surface area (Å²) in [5, 5.41) is 3.00. The highest BCUT2D eigenvalue weighted by Gasteiger charge is 2.31. The Morgan fingerprint density at radius 1 is 1.12 bits per heavy atom. The second kappa shape index (κ2) is 7.83. The Morgan fingerprint density at radius 3 is 2.40 bits per heavy atom. The number of nitrogens with zero attached hydrogens (tertiary/aromatic N) is 2. The summed E-state index contributed by atoms with van der Waals surface area (Å²) in [6.45, 7) is 3.65. The number of hydrogen-bond donors (Lipinski definition) is 1. The highest BCUT2D eigenvalue weighted by Crippen LogP contribution is 2.17. The molecular weight excluding hydrogens is 314 g/mol. The van der Waals surface area contributed by atoms with Crippen molar-refractivity contribution in [2.45, 2.75) is 25.9 Å². The van der Waals surface area contributed by atoms with Crippen molar-refractivity contribution in [3.8, 4) is 0 Å². The average molecular weight is 337 g/mol. The summed E-state index contributed by atoms with van der Waals surface area (Å²) in [5.74, 6) is 0.0805. The van der Waals surface area contributed by atoms with E-state index in [1.165, 1.54) is 0 Å². The number of amides is 3. The lowest BCUT2D eigenvalue weighted by Crippen LogP contribution is -2.46. The van der Waals surface area contributed by atoms with E-state index >= 15 is 0 Å². The molecule has 1 N–H and O–H groups in total. The predicted octanol–water partition coefficient (Wildman–Crippen LogP) is 3.02. The summed E-state index contributed by atoms with van der Waals surface area (Å²) in [6, 6.07) is 19.2. The SMILES string of the molecule is CCN(C(=O)NC1CC(=O)N(Cc2ccccc2)C1)c1ccccc1. The summed E-state index contributed by atoms with van der Waals surface area (Å²) in [7, 11) is 0. The monoisotopic (exact) mass is 337 g/mol. The molecule has 25 heavy (non-hydrogen) atoms. The fraction of sp³-hybridized carbons (Fsp3) is 0.300.